The molecule has 1 fully saturated rings. The van der Waals surface area contributed by atoms with Crippen LogP contribution in [-0.2, 0) is 11.2 Å². The Morgan fingerprint density at radius 2 is 2.15 bits per heavy atom. The number of fused-ring (bicyclic) bond motifs is 1. The number of para-hydroxylation sites is 1. The van der Waals surface area contributed by atoms with Crippen LogP contribution in [0.25, 0.3) is 10.9 Å². The molecule has 0 spiro atoms. The lowest BCUT2D eigenvalue weighted by Gasteiger charge is -2.39. The Bertz CT molecular complexity index is 585. The summed E-state index contributed by atoms with van der Waals surface area (Å²) in [6, 6.07) is 10.3. The van der Waals surface area contributed by atoms with E-state index in [1.165, 1.54) is 17.4 Å². The summed E-state index contributed by atoms with van der Waals surface area (Å²) in [6.45, 7) is 2.99. The van der Waals surface area contributed by atoms with Gasteiger partial charge in [-0.2, -0.15) is 0 Å². The SMILES string of the molecule is CC1(C(N)Cc2ccnc3ccccc23)CCCCO1. The van der Waals surface area contributed by atoms with Crippen LogP contribution >= 0.6 is 0 Å². The predicted octanol–water partition coefficient (Wildman–Crippen LogP) is 3.06. The van der Waals surface area contributed by atoms with Crippen LogP contribution in [0.1, 0.15) is 31.7 Å². The van der Waals surface area contributed by atoms with Gasteiger partial charge >= 0.3 is 0 Å². The molecule has 0 amide bonds. The molecule has 106 valence electrons. The zero-order valence-corrected chi connectivity index (χ0v) is 12.0. The number of ether oxygens (including phenoxy) is 1. The van der Waals surface area contributed by atoms with Gasteiger partial charge < -0.3 is 10.5 Å². The summed E-state index contributed by atoms with van der Waals surface area (Å²) < 4.78 is 5.97. The number of pyridine rings is 1. The summed E-state index contributed by atoms with van der Waals surface area (Å²) >= 11 is 0. The Balaban J connectivity index is 1.85. The lowest BCUT2D eigenvalue weighted by atomic mass is 9.85. The van der Waals surface area contributed by atoms with Gasteiger partial charge in [0, 0.05) is 24.2 Å². The van der Waals surface area contributed by atoms with Crippen molar-refractivity contribution in [3.63, 3.8) is 0 Å². The highest BCUT2D eigenvalue weighted by Gasteiger charge is 2.34. The molecule has 1 aliphatic rings. The zero-order valence-electron chi connectivity index (χ0n) is 12.0. The Labute approximate surface area is 120 Å². The van der Waals surface area contributed by atoms with Gasteiger partial charge in [-0.15, -0.1) is 0 Å². The molecule has 2 unspecified atom stereocenters. The van der Waals surface area contributed by atoms with Crippen molar-refractivity contribution in [1.82, 2.24) is 4.98 Å². The molecule has 2 heterocycles. The topological polar surface area (TPSA) is 48.1 Å². The molecule has 20 heavy (non-hydrogen) atoms. The van der Waals surface area contributed by atoms with Crippen molar-refractivity contribution in [2.45, 2.75) is 44.2 Å². The van der Waals surface area contributed by atoms with E-state index in [2.05, 4.69) is 30.1 Å². The lowest BCUT2D eigenvalue weighted by molar-refractivity contribution is -0.0808. The second-order valence-corrected chi connectivity index (χ2v) is 5.92. The Kier molecular flexibility index (Phi) is 3.72. The minimum Gasteiger partial charge on any atom is -0.374 e. The van der Waals surface area contributed by atoms with Gasteiger partial charge in [0.05, 0.1) is 11.1 Å². The predicted molar refractivity (Wildman–Crippen MR) is 81.6 cm³/mol. The molecule has 1 aliphatic heterocycles. The van der Waals surface area contributed by atoms with Gasteiger partial charge in [0.25, 0.3) is 0 Å². The second kappa shape index (κ2) is 5.51. The van der Waals surface area contributed by atoms with Gasteiger partial charge in [-0.1, -0.05) is 18.2 Å². The quantitative estimate of drug-likeness (QED) is 0.932. The highest BCUT2D eigenvalue weighted by molar-refractivity contribution is 5.81. The van der Waals surface area contributed by atoms with Gasteiger partial charge in [-0.05, 0) is 50.3 Å². The second-order valence-electron chi connectivity index (χ2n) is 5.92. The standard InChI is InChI=1S/C17H22N2O/c1-17(9-4-5-11-20-17)16(18)12-13-8-10-19-15-7-3-2-6-14(13)15/h2-3,6-8,10,16H,4-5,9,11-12,18H2,1H3. The van der Waals surface area contributed by atoms with Gasteiger partial charge in [0.15, 0.2) is 0 Å². The Morgan fingerprint density at radius 3 is 2.95 bits per heavy atom. The summed E-state index contributed by atoms with van der Waals surface area (Å²) in [6.07, 6.45) is 6.12. The van der Waals surface area contributed by atoms with Crippen LogP contribution in [-0.4, -0.2) is 23.2 Å². The largest absolute Gasteiger partial charge is 0.374 e. The fraction of sp³-hybridized carbons (Fsp3) is 0.471. The molecule has 1 saturated heterocycles. The van der Waals surface area contributed by atoms with Crippen LogP contribution in [0.5, 0.6) is 0 Å². The van der Waals surface area contributed by atoms with Gasteiger partial charge in [0.1, 0.15) is 0 Å². The first-order chi connectivity index (χ1) is 9.69. The average molecular weight is 270 g/mol. The van der Waals surface area contributed by atoms with E-state index in [1.807, 2.05) is 18.3 Å². The first-order valence-corrected chi connectivity index (χ1v) is 7.41. The van der Waals surface area contributed by atoms with E-state index in [4.69, 9.17) is 10.5 Å². The van der Waals surface area contributed by atoms with Crippen LogP contribution < -0.4 is 5.73 Å². The van der Waals surface area contributed by atoms with Gasteiger partial charge in [0.2, 0.25) is 0 Å². The molecule has 0 radical (unpaired) electrons. The maximum absolute atomic E-state index is 6.46. The highest BCUT2D eigenvalue weighted by Crippen LogP contribution is 2.29. The van der Waals surface area contributed by atoms with Crippen molar-refractivity contribution in [3.05, 3.63) is 42.1 Å². The van der Waals surface area contributed by atoms with Crippen LogP contribution in [0.4, 0.5) is 0 Å². The summed E-state index contributed by atoms with van der Waals surface area (Å²) in [5, 5.41) is 1.20. The molecule has 3 heteroatoms. The average Bonchev–Trinajstić information content (AvgIpc) is 2.48. The molecule has 2 N–H and O–H groups in total. The molecule has 1 aromatic heterocycles. The molecule has 0 saturated carbocycles. The molecule has 2 aromatic rings. The third kappa shape index (κ3) is 2.56. The van der Waals surface area contributed by atoms with Crippen LogP contribution in [0.3, 0.4) is 0 Å². The maximum Gasteiger partial charge on any atom is 0.0807 e. The van der Waals surface area contributed by atoms with Gasteiger partial charge in [-0.3, -0.25) is 4.98 Å². The van der Waals surface area contributed by atoms with Crippen molar-refractivity contribution in [2.24, 2.45) is 5.73 Å². The summed E-state index contributed by atoms with van der Waals surface area (Å²) in [5.74, 6) is 0. The highest BCUT2D eigenvalue weighted by atomic mass is 16.5. The summed E-state index contributed by atoms with van der Waals surface area (Å²) in [5.41, 5.74) is 8.57. The van der Waals surface area contributed by atoms with E-state index in [0.717, 1.165) is 31.4 Å². The van der Waals surface area contributed by atoms with E-state index >= 15 is 0 Å². The molecule has 3 nitrogen and oxygen atoms in total. The number of aromatic nitrogens is 1. The van der Waals surface area contributed by atoms with E-state index < -0.39 is 0 Å². The van der Waals surface area contributed by atoms with Crippen molar-refractivity contribution in [2.75, 3.05) is 6.61 Å². The first kappa shape index (κ1) is 13.5. The number of nitrogens with zero attached hydrogens (tertiary/aromatic N) is 1. The molecule has 0 aliphatic carbocycles. The minimum atomic E-state index is -0.192. The number of hydrogen-bond acceptors (Lipinski definition) is 3. The van der Waals surface area contributed by atoms with Crippen molar-refractivity contribution >= 4 is 10.9 Å². The van der Waals surface area contributed by atoms with Gasteiger partial charge in [-0.25, -0.2) is 0 Å². The van der Waals surface area contributed by atoms with E-state index in [9.17, 15) is 0 Å². The van der Waals surface area contributed by atoms with Crippen LogP contribution in [0.2, 0.25) is 0 Å². The molecular formula is C17H22N2O. The fourth-order valence-corrected chi connectivity index (χ4v) is 3.03. The van der Waals surface area contributed by atoms with Crippen LogP contribution in [0, 0.1) is 0 Å². The number of benzene rings is 1. The third-order valence-electron chi connectivity index (χ3n) is 4.46. The normalized spacial score (nSPS) is 24.7. The Hall–Kier alpha value is -1.45. The molecule has 0 bridgehead atoms. The molecule has 1 aromatic carbocycles. The van der Waals surface area contributed by atoms with Crippen molar-refractivity contribution < 1.29 is 4.74 Å². The van der Waals surface area contributed by atoms with E-state index in [0.29, 0.717) is 0 Å². The lowest BCUT2D eigenvalue weighted by Crippen LogP contribution is -2.50. The molecule has 3 rings (SSSR count). The maximum atomic E-state index is 6.46. The van der Waals surface area contributed by atoms with E-state index in [1.54, 1.807) is 0 Å². The molecular weight excluding hydrogens is 248 g/mol. The molecule has 2 atom stereocenters. The van der Waals surface area contributed by atoms with Crippen molar-refractivity contribution in [3.8, 4) is 0 Å². The van der Waals surface area contributed by atoms with Crippen LogP contribution in [0.15, 0.2) is 36.5 Å². The zero-order chi connectivity index (χ0) is 14.0. The third-order valence-corrected chi connectivity index (χ3v) is 4.46. The number of rotatable bonds is 3. The van der Waals surface area contributed by atoms with Crippen molar-refractivity contribution in [1.29, 1.82) is 0 Å². The number of nitrogens with two attached hydrogens (primary N) is 1. The first-order valence-electron chi connectivity index (χ1n) is 7.41. The minimum absolute atomic E-state index is 0.0219. The van der Waals surface area contributed by atoms with E-state index in [-0.39, 0.29) is 11.6 Å². The Morgan fingerprint density at radius 1 is 1.30 bits per heavy atom. The summed E-state index contributed by atoms with van der Waals surface area (Å²) in [4.78, 5) is 4.41. The fourth-order valence-electron chi connectivity index (χ4n) is 3.03. The summed E-state index contributed by atoms with van der Waals surface area (Å²) in [7, 11) is 0. The number of hydrogen-bond donors (Lipinski definition) is 1. The monoisotopic (exact) mass is 270 g/mol. The smallest absolute Gasteiger partial charge is 0.0807 e.